The summed E-state index contributed by atoms with van der Waals surface area (Å²) in [5.74, 6) is -0.482. The fraction of sp³-hybridized carbons (Fsp3) is 0.333. The van der Waals surface area contributed by atoms with Gasteiger partial charge in [0.15, 0.2) is 0 Å². The molecule has 0 saturated heterocycles. The van der Waals surface area contributed by atoms with Crippen LogP contribution in [-0.2, 0) is 16.1 Å². The molecule has 30 heavy (non-hydrogen) atoms. The molecule has 2 amide bonds. The highest BCUT2D eigenvalue weighted by Crippen LogP contribution is 2.32. The van der Waals surface area contributed by atoms with Crippen LogP contribution in [0.3, 0.4) is 0 Å². The fourth-order valence-corrected chi connectivity index (χ4v) is 3.79. The molecule has 0 spiro atoms. The molecule has 0 bridgehead atoms. The van der Waals surface area contributed by atoms with Crippen LogP contribution >= 0.6 is 0 Å². The highest BCUT2D eigenvalue weighted by molar-refractivity contribution is 6.03. The van der Waals surface area contributed by atoms with Crippen LogP contribution in [0.15, 0.2) is 77.2 Å². The van der Waals surface area contributed by atoms with Gasteiger partial charge in [-0.1, -0.05) is 36.4 Å². The molecule has 0 fully saturated rings. The van der Waals surface area contributed by atoms with Crippen molar-refractivity contribution in [2.45, 2.75) is 45.8 Å². The van der Waals surface area contributed by atoms with E-state index in [2.05, 4.69) is 10.6 Å². The molecule has 158 valence electrons. The van der Waals surface area contributed by atoms with Crippen LogP contribution in [0, 0.1) is 0 Å². The van der Waals surface area contributed by atoms with E-state index >= 15 is 0 Å². The lowest BCUT2D eigenvalue weighted by Crippen LogP contribution is -2.54. The molecular formula is C24H29N3O3. The van der Waals surface area contributed by atoms with Crippen LogP contribution < -0.4 is 10.6 Å². The maximum Gasteiger partial charge on any atom is 0.257 e. The number of rotatable bonds is 4. The highest BCUT2D eigenvalue weighted by Gasteiger charge is 2.39. The first-order chi connectivity index (χ1) is 14.2. The second-order valence-electron chi connectivity index (χ2n) is 8.54. The summed E-state index contributed by atoms with van der Waals surface area (Å²) < 4.78 is 0. The van der Waals surface area contributed by atoms with Gasteiger partial charge in [-0.25, -0.2) is 0 Å². The first-order valence-electron chi connectivity index (χ1n) is 10.1. The molecule has 6 nitrogen and oxygen atoms in total. The van der Waals surface area contributed by atoms with E-state index in [1.807, 2.05) is 64.1 Å². The van der Waals surface area contributed by atoms with E-state index < -0.39 is 11.6 Å². The van der Waals surface area contributed by atoms with Crippen LogP contribution in [0.25, 0.3) is 0 Å². The molecular weight excluding hydrogens is 378 g/mol. The van der Waals surface area contributed by atoms with Crippen molar-refractivity contribution in [1.29, 1.82) is 0 Å². The number of carbonyl (C=O) groups is 2. The van der Waals surface area contributed by atoms with Crippen molar-refractivity contribution in [3.8, 4) is 0 Å². The minimum absolute atomic E-state index is 0.230. The number of aliphatic hydroxyl groups excluding tert-OH is 1. The van der Waals surface area contributed by atoms with E-state index in [9.17, 15) is 14.7 Å². The Labute approximate surface area is 177 Å². The van der Waals surface area contributed by atoms with Gasteiger partial charge >= 0.3 is 0 Å². The lowest BCUT2D eigenvalue weighted by molar-refractivity contribution is -0.137. The van der Waals surface area contributed by atoms with Gasteiger partial charge in [0.2, 0.25) is 5.91 Å². The number of nitrogens with zero attached hydrogens (tertiary/aromatic N) is 1. The second kappa shape index (κ2) is 8.61. The standard InChI is InChI=1S/C24H29N3O3/c1-16-18(12-14-28)20-19(11-8-13-25-20)23(30)27(15-17-9-6-5-7-10-17)21(16)22(29)26-24(2,3)4/h5-12,14,21,25,28H,13,15H2,1-4H3,(H,26,29)/b14-12-. The minimum atomic E-state index is -0.816. The van der Waals surface area contributed by atoms with E-state index in [4.69, 9.17) is 0 Å². The van der Waals surface area contributed by atoms with E-state index in [-0.39, 0.29) is 11.8 Å². The zero-order valence-corrected chi connectivity index (χ0v) is 17.9. The van der Waals surface area contributed by atoms with Gasteiger partial charge < -0.3 is 20.6 Å². The Morgan fingerprint density at radius 2 is 2.00 bits per heavy atom. The van der Waals surface area contributed by atoms with Gasteiger partial charge in [-0.15, -0.1) is 0 Å². The van der Waals surface area contributed by atoms with Gasteiger partial charge in [0.05, 0.1) is 17.5 Å². The second-order valence-corrected chi connectivity index (χ2v) is 8.54. The number of hydrogen-bond acceptors (Lipinski definition) is 4. The maximum atomic E-state index is 13.6. The summed E-state index contributed by atoms with van der Waals surface area (Å²) in [5.41, 5.74) is 2.94. The number of nitrogens with one attached hydrogen (secondary N) is 2. The molecule has 2 aliphatic rings. The quantitative estimate of drug-likeness (QED) is 0.670. The number of aliphatic hydroxyl groups is 1. The Morgan fingerprint density at radius 3 is 2.63 bits per heavy atom. The molecule has 1 aromatic rings. The molecule has 2 aliphatic heterocycles. The van der Waals surface area contributed by atoms with E-state index in [0.717, 1.165) is 11.8 Å². The van der Waals surface area contributed by atoms with Crippen molar-refractivity contribution in [1.82, 2.24) is 15.5 Å². The lowest BCUT2D eigenvalue weighted by Gasteiger charge is -2.33. The van der Waals surface area contributed by atoms with Gasteiger partial charge in [0, 0.05) is 24.2 Å². The molecule has 0 aromatic heterocycles. The Kier molecular flexibility index (Phi) is 6.15. The third-order valence-electron chi connectivity index (χ3n) is 5.04. The van der Waals surface area contributed by atoms with Crippen molar-refractivity contribution in [2.75, 3.05) is 6.54 Å². The normalized spacial score (nSPS) is 19.7. The molecule has 3 N–H and O–H groups in total. The molecule has 1 unspecified atom stereocenters. The number of benzene rings is 1. The van der Waals surface area contributed by atoms with Gasteiger partial charge in [-0.2, -0.15) is 0 Å². The fourth-order valence-electron chi connectivity index (χ4n) is 3.79. The Hall–Kier alpha value is -3.28. The van der Waals surface area contributed by atoms with Crippen LogP contribution in [-0.4, -0.2) is 39.9 Å². The molecule has 1 aromatic carbocycles. The number of hydrogen-bond donors (Lipinski definition) is 3. The van der Waals surface area contributed by atoms with Crippen molar-refractivity contribution in [3.63, 3.8) is 0 Å². The average Bonchev–Trinajstić information content (AvgIpc) is 2.77. The van der Waals surface area contributed by atoms with Gasteiger partial charge in [-0.3, -0.25) is 9.59 Å². The molecule has 0 radical (unpaired) electrons. The summed E-state index contributed by atoms with van der Waals surface area (Å²) in [4.78, 5) is 28.6. The van der Waals surface area contributed by atoms with E-state index in [1.165, 1.54) is 6.08 Å². The van der Waals surface area contributed by atoms with Crippen LogP contribution in [0.4, 0.5) is 0 Å². The Bertz CT molecular complexity index is 950. The molecule has 1 atom stereocenters. The monoisotopic (exact) mass is 407 g/mol. The highest BCUT2D eigenvalue weighted by atomic mass is 16.2. The first kappa shape index (κ1) is 21.4. The number of carbonyl (C=O) groups excluding carboxylic acids is 2. The van der Waals surface area contributed by atoms with Crippen molar-refractivity contribution < 1.29 is 14.7 Å². The molecule has 3 rings (SSSR count). The van der Waals surface area contributed by atoms with E-state index in [1.54, 1.807) is 11.0 Å². The summed E-state index contributed by atoms with van der Waals surface area (Å²) in [6, 6.07) is 8.81. The number of dihydropyridines is 1. The lowest BCUT2D eigenvalue weighted by atomic mass is 9.96. The van der Waals surface area contributed by atoms with Gasteiger partial charge in [0.25, 0.3) is 5.91 Å². The smallest absolute Gasteiger partial charge is 0.257 e. The topological polar surface area (TPSA) is 81.7 Å². The molecule has 6 heteroatoms. The van der Waals surface area contributed by atoms with Crippen LogP contribution in [0.5, 0.6) is 0 Å². The number of allylic oxidation sites excluding steroid dienone is 1. The summed E-state index contributed by atoms with van der Waals surface area (Å²) in [6.45, 7) is 8.42. The van der Waals surface area contributed by atoms with Crippen molar-refractivity contribution >= 4 is 11.8 Å². The zero-order chi connectivity index (χ0) is 21.9. The maximum absolute atomic E-state index is 13.6. The molecule has 0 saturated carbocycles. The average molecular weight is 408 g/mol. The SMILES string of the molecule is CC1=C(/C=C\O)C2=C(C=CCN2)C(=O)N(Cc2ccccc2)C1C(=O)NC(C)(C)C. The minimum Gasteiger partial charge on any atom is -0.516 e. The third kappa shape index (κ3) is 4.48. The van der Waals surface area contributed by atoms with Crippen molar-refractivity contribution in [2.24, 2.45) is 0 Å². The molecule has 2 heterocycles. The third-order valence-corrected chi connectivity index (χ3v) is 5.04. The largest absolute Gasteiger partial charge is 0.516 e. The predicted molar refractivity (Wildman–Crippen MR) is 117 cm³/mol. The summed E-state index contributed by atoms with van der Waals surface area (Å²) in [7, 11) is 0. The van der Waals surface area contributed by atoms with Crippen LogP contribution in [0.1, 0.15) is 33.3 Å². The Balaban J connectivity index is 2.17. The summed E-state index contributed by atoms with van der Waals surface area (Å²) in [6.07, 6.45) is 6.14. The number of amides is 2. The van der Waals surface area contributed by atoms with Crippen molar-refractivity contribution in [3.05, 3.63) is 82.8 Å². The molecule has 0 aliphatic carbocycles. The Morgan fingerprint density at radius 1 is 1.30 bits per heavy atom. The van der Waals surface area contributed by atoms with Gasteiger partial charge in [0.1, 0.15) is 6.04 Å². The van der Waals surface area contributed by atoms with Gasteiger partial charge in [-0.05, 0) is 51.0 Å². The van der Waals surface area contributed by atoms with Crippen LogP contribution in [0.2, 0.25) is 0 Å². The predicted octanol–water partition coefficient (Wildman–Crippen LogP) is 3.11. The zero-order valence-electron chi connectivity index (χ0n) is 17.9. The first-order valence-corrected chi connectivity index (χ1v) is 10.1. The van der Waals surface area contributed by atoms with E-state index in [0.29, 0.717) is 35.5 Å². The summed E-state index contributed by atoms with van der Waals surface area (Å²) >= 11 is 0. The summed E-state index contributed by atoms with van der Waals surface area (Å²) in [5, 5.41) is 15.8.